The number of nitrogens with one attached hydrogen (secondary N) is 1. The Hall–Kier alpha value is -3.96. The molecule has 3 saturated heterocycles. The summed E-state index contributed by atoms with van der Waals surface area (Å²) >= 11 is 0. The fourth-order valence-electron chi connectivity index (χ4n) is 7.06. The van der Waals surface area contributed by atoms with Crippen LogP contribution in [0.2, 0.25) is 0 Å². The van der Waals surface area contributed by atoms with Gasteiger partial charge in [-0.2, -0.15) is 9.97 Å². The highest BCUT2D eigenvalue weighted by Gasteiger charge is 2.43. The Labute approximate surface area is 258 Å². The summed E-state index contributed by atoms with van der Waals surface area (Å²) < 4.78 is 11.5. The lowest BCUT2D eigenvalue weighted by atomic mass is 9.99. The van der Waals surface area contributed by atoms with Gasteiger partial charge < -0.3 is 34.4 Å². The van der Waals surface area contributed by atoms with Crippen molar-refractivity contribution in [1.82, 2.24) is 25.1 Å². The minimum Gasteiger partial charge on any atom is -0.467 e. The van der Waals surface area contributed by atoms with Gasteiger partial charge in [0.2, 0.25) is 5.91 Å². The summed E-state index contributed by atoms with van der Waals surface area (Å²) in [7, 11) is 3.51. The lowest BCUT2D eigenvalue weighted by molar-refractivity contribution is -0.153. The predicted molar refractivity (Wildman–Crippen MR) is 168 cm³/mol. The molecule has 11 nitrogen and oxygen atoms in total. The first-order valence-corrected chi connectivity index (χ1v) is 15.7. The average molecular weight is 600 g/mol. The number of likely N-dealkylation sites (tertiary alicyclic amines) is 1. The van der Waals surface area contributed by atoms with Crippen molar-refractivity contribution in [2.24, 2.45) is 0 Å². The van der Waals surface area contributed by atoms with Crippen molar-refractivity contribution in [1.29, 1.82) is 0 Å². The third kappa shape index (κ3) is 5.43. The Morgan fingerprint density at radius 2 is 1.86 bits per heavy atom. The molecular weight excluding hydrogens is 558 g/mol. The number of likely N-dealkylation sites (N-methyl/N-ethyl adjacent to an activating group) is 1. The zero-order chi connectivity index (χ0) is 30.4. The molecule has 232 valence electrons. The van der Waals surface area contributed by atoms with E-state index in [4.69, 9.17) is 19.4 Å². The molecular formula is C33H41N7O4. The second-order valence-corrected chi connectivity index (χ2v) is 12.4. The van der Waals surface area contributed by atoms with Crippen LogP contribution < -0.4 is 19.9 Å². The van der Waals surface area contributed by atoms with Gasteiger partial charge in [0.1, 0.15) is 18.5 Å². The first kappa shape index (κ1) is 28.8. The van der Waals surface area contributed by atoms with Crippen LogP contribution in [0, 0.1) is 6.92 Å². The monoisotopic (exact) mass is 599 g/mol. The molecule has 0 radical (unpaired) electrons. The first-order chi connectivity index (χ1) is 21.4. The summed E-state index contributed by atoms with van der Waals surface area (Å²) in [5, 5.41) is 5.56. The third-order valence-corrected chi connectivity index (χ3v) is 9.67. The van der Waals surface area contributed by atoms with E-state index in [-0.39, 0.29) is 11.9 Å². The number of carbonyl (C=O) groups is 2. The van der Waals surface area contributed by atoms with Gasteiger partial charge >= 0.3 is 12.0 Å². The van der Waals surface area contributed by atoms with Crippen LogP contribution in [0.1, 0.15) is 29.7 Å². The molecule has 1 aromatic heterocycles. The van der Waals surface area contributed by atoms with Gasteiger partial charge in [0.25, 0.3) is 0 Å². The Kier molecular flexibility index (Phi) is 7.75. The molecule has 3 atom stereocenters. The SMILES string of the molecule is COC(=O)[C@H]1CN(c2nc(OC[C@@H]3CCCN3C)nc3c2CCN(c2cccc4cccc(C)c24)C3)CCN1C(=O)[C@H]1CN1. The molecule has 3 aromatic rings. The Bertz CT molecular complexity index is 1570. The van der Waals surface area contributed by atoms with Crippen LogP contribution in [0.15, 0.2) is 36.4 Å². The maximum absolute atomic E-state index is 13.0. The molecule has 4 aliphatic heterocycles. The van der Waals surface area contributed by atoms with E-state index >= 15 is 0 Å². The number of hydrogen-bond donors (Lipinski definition) is 1. The van der Waals surface area contributed by atoms with Gasteiger partial charge in [-0.15, -0.1) is 0 Å². The zero-order valence-corrected chi connectivity index (χ0v) is 25.8. The number of piperazine rings is 1. The fraction of sp³-hybridized carbons (Fsp3) is 0.515. The van der Waals surface area contributed by atoms with Gasteiger partial charge in [-0.3, -0.25) is 4.79 Å². The van der Waals surface area contributed by atoms with Gasteiger partial charge in [-0.1, -0.05) is 30.3 Å². The van der Waals surface area contributed by atoms with Gasteiger partial charge in [0.05, 0.1) is 31.9 Å². The smallest absolute Gasteiger partial charge is 0.330 e. The summed E-state index contributed by atoms with van der Waals surface area (Å²) in [5.74, 6) is 0.337. The maximum atomic E-state index is 13.0. The second-order valence-electron chi connectivity index (χ2n) is 12.4. The van der Waals surface area contributed by atoms with E-state index in [0.29, 0.717) is 51.4 Å². The third-order valence-electron chi connectivity index (χ3n) is 9.67. The molecule has 0 unspecified atom stereocenters. The number of carbonyl (C=O) groups excluding carboxylic acids is 2. The Balaban J connectivity index is 1.22. The zero-order valence-electron chi connectivity index (χ0n) is 25.8. The van der Waals surface area contributed by atoms with Crippen LogP contribution in [0.3, 0.4) is 0 Å². The molecule has 7 rings (SSSR count). The Morgan fingerprint density at radius 3 is 2.61 bits per heavy atom. The number of nitrogens with zero attached hydrogens (tertiary/aromatic N) is 6. The summed E-state index contributed by atoms with van der Waals surface area (Å²) in [6, 6.07) is 12.7. The van der Waals surface area contributed by atoms with Crippen molar-refractivity contribution in [2.45, 2.75) is 50.9 Å². The van der Waals surface area contributed by atoms with Gasteiger partial charge in [0, 0.05) is 48.9 Å². The van der Waals surface area contributed by atoms with Crippen molar-refractivity contribution >= 4 is 34.2 Å². The molecule has 44 heavy (non-hydrogen) atoms. The lowest BCUT2D eigenvalue weighted by Gasteiger charge is -2.41. The number of rotatable bonds is 7. The largest absolute Gasteiger partial charge is 0.467 e. The van der Waals surface area contributed by atoms with E-state index < -0.39 is 12.0 Å². The number of benzene rings is 2. The minimum atomic E-state index is -0.704. The second kappa shape index (κ2) is 11.9. The van der Waals surface area contributed by atoms with Crippen molar-refractivity contribution in [3.8, 4) is 6.01 Å². The molecule has 2 aromatic carbocycles. The predicted octanol–water partition coefficient (Wildman–Crippen LogP) is 2.14. The van der Waals surface area contributed by atoms with Crippen molar-refractivity contribution in [3.05, 3.63) is 53.2 Å². The molecule has 4 aliphatic rings. The number of amides is 1. The van der Waals surface area contributed by atoms with E-state index in [1.807, 2.05) is 0 Å². The fourth-order valence-corrected chi connectivity index (χ4v) is 7.06. The molecule has 0 saturated carbocycles. The topological polar surface area (TPSA) is 113 Å². The normalized spacial score (nSPS) is 23.5. The van der Waals surface area contributed by atoms with Gasteiger partial charge in [-0.05, 0) is 56.8 Å². The number of hydrogen-bond acceptors (Lipinski definition) is 10. The van der Waals surface area contributed by atoms with E-state index in [1.165, 1.54) is 29.1 Å². The van der Waals surface area contributed by atoms with E-state index in [1.54, 1.807) is 4.90 Å². The quantitative estimate of drug-likeness (QED) is 0.320. The summed E-state index contributed by atoms with van der Waals surface area (Å²) in [6.07, 6.45) is 3.01. The number of aromatic nitrogens is 2. The summed E-state index contributed by atoms with van der Waals surface area (Å²) in [6.45, 7) is 7.15. The highest BCUT2D eigenvalue weighted by atomic mass is 16.5. The van der Waals surface area contributed by atoms with E-state index in [9.17, 15) is 9.59 Å². The molecule has 5 heterocycles. The first-order valence-electron chi connectivity index (χ1n) is 15.7. The number of methoxy groups -OCH3 is 1. The summed E-state index contributed by atoms with van der Waals surface area (Å²) in [5.41, 5.74) is 4.47. The van der Waals surface area contributed by atoms with Crippen LogP contribution in [-0.2, 0) is 27.3 Å². The number of ether oxygens (including phenoxy) is 2. The highest BCUT2D eigenvalue weighted by Crippen LogP contribution is 2.36. The van der Waals surface area contributed by atoms with Crippen LogP contribution in [0.5, 0.6) is 6.01 Å². The minimum absolute atomic E-state index is 0.0458. The molecule has 0 aliphatic carbocycles. The molecule has 1 amide bonds. The van der Waals surface area contributed by atoms with Crippen LogP contribution in [0.4, 0.5) is 11.5 Å². The van der Waals surface area contributed by atoms with Crippen molar-refractivity contribution in [3.63, 3.8) is 0 Å². The van der Waals surface area contributed by atoms with Gasteiger partial charge in [-0.25, -0.2) is 4.79 Å². The summed E-state index contributed by atoms with van der Waals surface area (Å²) in [4.78, 5) is 44.5. The van der Waals surface area contributed by atoms with E-state index in [2.05, 4.69) is 70.4 Å². The molecule has 1 N–H and O–H groups in total. The number of fused-ring (bicyclic) bond motifs is 2. The standard InChI is InChI=1S/C33H41N7O4/c1-21-7-4-8-22-9-5-11-27(29(21)22)38-14-12-24-26(18-38)35-33(44-20-23-10-6-13-37(23)2)36-30(24)39-15-16-40(31(41)25-17-34-25)28(19-39)32(42)43-3/h4-5,7-9,11,23,25,28,34H,6,10,12-20H2,1-3H3/t23-,25+,28+/m0/s1. The highest BCUT2D eigenvalue weighted by molar-refractivity contribution is 5.97. The average Bonchev–Trinajstić information content (AvgIpc) is 3.82. The Morgan fingerprint density at radius 1 is 1.05 bits per heavy atom. The molecule has 11 heteroatoms. The van der Waals surface area contributed by atoms with Crippen molar-refractivity contribution in [2.75, 3.05) is 69.8 Å². The van der Waals surface area contributed by atoms with Crippen molar-refractivity contribution < 1.29 is 19.1 Å². The van der Waals surface area contributed by atoms with E-state index in [0.717, 1.165) is 49.4 Å². The van der Waals surface area contributed by atoms with Crippen LogP contribution in [-0.4, -0.2) is 110 Å². The molecule has 3 fully saturated rings. The molecule has 0 bridgehead atoms. The van der Waals surface area contributed by atoms with Crippen LogP contribution in [0.25, 0.3) is 10.8 Å². The van der Waals surface area contributed by atoms with Gasteiger partial charge in [0.15, 0.2) is 0 Å². The maximum Gasteiger partial charge on any atom is 0.330 e. The lowest BCUT2D eigenvalue weighted by Crippen LogP contribution is -2.60. The number of aryl methyl sites for hydroxylation is 1. The number of anilines is 2. The van der Waals surface area contributed by atoms with Crippen LogP contribution >= 0.6 is 0 Å². The number of esters is 1. The molecule has 0 spiro atoms.